The van der Waals surface area contributed by atoms with Crippen LogP contribution >= 0.6 is 15.9 Å². The molecular formula is C13H12BrNO2. The number of benzene rings is 1. The van der Waals surface area contributed by atoms with E-state index < -0.39 is 0 Å². The van der Waals surface area contributed by atoms with Crippen LogP contribution < -0.4 is 5.32 Å². The van der Waals surface area contributed by atoms with Crippen LogP contribution in [0.5, 0.6) is 0 Å². The van der Waals surface area contributed by atoms with Gasteiger partial charge < -0.3 is 9.73 Å². The standard InChI is InChI=1S/C13H12BrNO2/c1-9(10-5-3-2-4-6-10)15-13(16)11-7-8-12(14)17-11/h2-9H,1H3,(H,15,16)/t9-/m0/s1. The third kappa shape index (κ3) is 2.97. The quantitative estimate of drug-likeness (QED) is 0.941. The van der Waals surface area contributed by atoms with E-state index in [0.717, 1.165) is 5.56 Å². The Hall–Kier alpha value is -1.55. The summed E-state index contributed by atoms with van der Waals surface area (Å²) in [5.74, 6) is 0.0895. The zero-order valence-electron chi connectivity index (χ0n) is 9.31. The summed E-state index contributed by atoms with van der Waals surface area (Å²) >= 11 is 3.16. The molecule has 1 N–H and O–H groups in total. The summed E-state index contributed by atoms with van der Waals surface area (Å²) in [6.07, 6.45) is 0. The number of hydrogen-bond donors (Lipinski definition) is 1. The van der Waals surface area contributed by atoms with E-state index >= 15 is 0 Å². The van der Waals surface area contributed by atoms with Crippen LogP contribution in [-0.2, 0) is 0 Å². The van der Waals surface area contributed by atoms with Crippen molar-refractivity contribution in [3.8, 4) is 0 Å². The van der Waals surface area contributed by atoms with E-state index in [4.69, 9.17) is 4.42 Å². The predicted octanol–water partition coefficient (Wildman–Crippen LogP) is 3.53. The van der Waals surface area contributed by atoms with Crippen molar-refractivity contribution in [1.29, 1.82) is 0 Å². The predicted molar refractivity (Wildman–Crippen MR) is 68.7 cm³/mol. The third-order valence-electron chi connectivity index (χ3n) is 2.44. The molecule has 2 aromatic rings. The monoisotopic (exact) mass is 293 g/mol. The second-order valence-electron chi connectivity index (χ2n) is 3.71. The molecule has 1 aromatic heterocycles. The number of nitrogens with one attached hydrogen (secondary N) is 1. The first-order valence-corrected chi connectivity index (χ1v) is 6.07. The summed E-state index contributed by atoms with van der Waals surface area (Å²) in [6, 6.07) is 13.1. The average Bonchev–Trinajstić information content (AvgIpc) is 2.77. The molecule has 17 heavy (non-hydrogen) atoms. The topological polar surface area (TPSA) is 42.2 Å². The molecule has 0 saturated heterocycles. The lowest BCUT2D eigenvalue weighted by Crippen LogP contribution is -2.26. The molecule has 0 aliphatic rings. The van der Waals surface area contributed by atoms with Crippen LogP contribution in [0.4, 0.5) is 0 Å². The molecule has 1 heterocycles. The van der Waals surface area contributed by atoms with E-state index in [2.05, 4.69) is 21.2 Å². The molecule has 1 amide bonds. The van der Waals surface area contributed by atoms with Gasteiger partial charge in [-0.25, -0.2) is 0 Å². The van der Waals surface area contributed by atoms with E-state index in [1.54, 1.807) is 12.1 Å². The Labute approximate surface area is 108 Å². The largest absolute Gasteiger partial charge is 0.444 e. The number of carbonyl (C=O) groups is 1. The Morgan fingerprint density at radius 2 is 1.94 bits per heavy atom. The van der Waals surface area contributed by atoms with Crippen molar-refractivity contribution in [2.75, 3.05) is 0 Å². The second-order valence-corrected chi connectivity index (χ2v) is 4.49. The first-order chi connectivity index (χ1) is 8.16. The van der Waals surface area contributed by atoms with Gasteiger partial charge in [0, 0.05) is 0 Å². The Balaban J connectivity index is 2.04. The summed E-state index contributed by atoms with van der Waals surface area (Å²) in [5, 5.41) is 2.87. The molecule has 0 fully saturated rings. The van der Waals surface area contributed by atoms with Gasteiger partial charge in [0.25, 0.3) is 5.91 Å². The van der Waals surface area contributed by atoms with Crippen LogP contribution in [0.1, 0.15) is 29.1 Å². The van der Waals surface area contributed by atoms with Gasteiger partial charge in [0.05, 0.1) is 6.04 Å². The van der Waals surface area contributed by atoms with Crippen molar-refractivity contribution >= 4 is 21.8 Å². The number of furan rings is 1. The highest BCUT2D eigenvalue weighted by Crippen LogP contribution is 2.16. The van der Waals surface area contributed by atoms with Crippen LogP contribution in [0.2, 0.25) is 0 Å². The molecule has 88 valence electrons. The molecule has 2 rings (SSSR count). The fourth-order valence-corrected chi connectivity index (χ4v) is 1.84. The molecule has 3 nitrogen and oxygen atoms in total. The van der Waals surface area contributed by atoms with Crippen LogP contribution in [0.25, 0.3) is 0 Å². The fourth-order valence-electron chi connectivity index (χ4n) is 1.53. The maximum absolute atomic E-state index is 11.8. The van der Waals surface area contributed by atoms with Gasteiger partial charge in [0.1, 0.15) is 0 Å². The van der Waals surface area contributed by atoms with Gasteiger partial charge in [-0.05, 0) is 40.5 Å². The lowest BCUT2D eigenvalue weighted by Gasteiger charge is -2.12. The van der Waals surface area contributed by atoms with Crippen LogP contribution in [0.3, 0.4) is 0 Å². The van der Waals surface area contributed by atoms with Gasteiger partial charge in [0.2, 0.25) is 0 Å². The normalized spacial score (nSPS) is 12.1. The first-order valence-electron chi connectivity index (χ1n) is 5.28. The van der Waals surface area contributed by atoms with E-state index in [9.17, 15) is 4.79 Å². The van der Waals surface area contributed by atoms with Gasteiger partial charge in [0.15, 0.2) is 10.4 Å². The Morgan fingerprint density at radius 1 is 1.24 bits per heavy atom. The maximum Gasteiger partial charge on any atom is 0.287 e. The van der Waals surface area contributed by atoms with Crippen LogP contribution in [0.15, 0.2) is 51.6 Å². The summed E-state index contributed by atoms with van der Waals surface area (Å²) in [6.45, 7) is 1.94. The summed E-state index contributed by atoms with van der Waals surface area (Å²) in [7, 11) is 0. The Morgan fingerprint density at radius 3 is 2.53 bits per heavy atom. The number of carbonyl (C=O) groups excluding carboxylic acids is 1. The Kier molecular flexibility index (Phi) is 3.64. The summed E-state index contributed by atoms with van der Waals surface area (Å²) in [4.78, 5) is 11.8. The molecule has 0 bridgehead atoms. The van der Waals surface area contributed by atoms with Gasteiger partial charge >= 0.3 is 0 Å². The molecule has 1 aromatic carbocycles. The van der Waals surface area contributed by atoms with Gasteiger partial charge in [-0.3, -0.25) is 4.79 Å². The molecule has 0 aliphatic carbocycles. The van der Waals surface area contributed by atoms with Crippen molar-refractivity contribution in [2.24, 2.45) is 0 Å². The zero-order valence-corrected chi connectivity index (χ0v) is 10.9. The zero-order chi connectivity index (χ0) is 12.3. The highest BCUT2D eigenvalue weighted by atomic mass is 79.9. The molecule has 0 radical (unpaired) electrons. The van der Waals surface area contributed by atoms with E-state index in [0.29, 0.717) is 10.4 Å². The lowest BCUT2D eigenvalue weighted by atomic mass is 10.1. The van der Waals surface area contributed by atoms with E-state index in [-0.39, 0.29) is 11.9 Å². The van der Waals surface area contributed by atoms with Crippen molar-refractivity contribution in [3.05, 3.63) is 58.5 Å². The van der Waals surface area contributed by atoms with Crippen LogP contribution in [0, 0.1) is 0 Å². The summed E-state index contributed by atoms with van der Waals surface area (Å²) in [5.41, 5.74) is 1.06. The van der Waals surface area contributed by atoms with Crippen molar-refractivity contribution in [1.82, 2.24) is 5.32 Å². The number of amides is 1. The first kappa shape index (κ1) is 11.9. The van der Waals surface area contributed by atoms with Crippen molar-refractivity contribution in [3.63, 3.8) is 0 Å². The summed E-state index contributed by atoms with van der Waals surface area (Å²) < 4.78 is 5.74. The molecule has 0 spiro atoms. The molecule has 4 heteroatoms. The molecule has 0 unspecified atom stereocenters. The Bertz CT molecular complexity index is 507. The second kappa shape index (κ2) is 5.19. The highest BCUT2D eigenvalue weighted by Gasteiger charge is 2.14. The van der Waals surface area contributed by atoms with Gasteiger partial charge in [-0.2, -0.15) is 0 Å². The smallest absolute Gasteiger partial charge is 0.287 e. The fraction of sp³-hybridized carbons (Fsp3) is 0.154. The maximum atomic E-state index is 11.8. The molecular weight excluding hydrogens is 282 g/mol. The minimum Gasteiger partial charge on any atom is -0.444 e. The minimum atomic E-state index is -0.216. The van der Waals surface area contributed by atoms with Gasteiger partial charge in [-0.1, -0.05) is 30.3 Å². The third-order valence-corrected chi connectivity index (χ3v) is 2.87. The van der Waals surface area contributed by atoms with Gasteiger partial charge in [-0.15, -0.1) is 0 Å². The molecule has 0 saturated carbocycles. The van der Waals surface area contributed by atoms with E-state index in [1.807, 2.05) is 37.3 Å². The number of halogens is 1. The highest BCUT2D eigenvalue weighted by molar-refractivity contribution is 9.10. The van der Waals surface area contributed by atoms with Crippen molar-refractivity contribution in [2.45, 2.75) is 13.0 Å². The lowest BCUT2D eigenvalue weighted by molar-refractivity contribution is 0.0910. The molecule has 0 aliphatic heterocycles. The van der Waals surface area contributed by atoms with Crippen molar-refractivity contribution < 1.29 is 9.21 Å². The number of hydrogen-bond acceptors (Lipinski definition) is 2. The SMILES string of the molecule is C[C@H](NC(=O)c1ccc(Br)o1)c1ccccc1. The number of rotatable bonds is 3. The minimum absolute atomic E-state index is 0.0485. The van der Waals surface area contributed by atoms with Crippen LogP contribution in [-0.4, -0.2) is 5.91 Å². The average molecular weight is 294 g/mol. The molecule has 1 atom stereocenters. The van der Waals surface area contributed by atoms with E-state index in [1.165, 1.54) is 0 Å².